The summed E-state index contributed by atoms with van der Waals surface area (Å²) in [6.07, 6.45) is 4.39. The molecule has 2 aliphatic heterocycles. The fourth-order valence-corrected chi connectivity index (χ4v) is 4.64. The number of ether oxygens (including phenoxy) is 1. The standard InChI is InChI=1S/C21H19NO4S/c1-15-7-10-19(11-8-15)27(24,25)22(17-5-3-2-4-6-17)14-16-13-18-9-12-20(23)21(16)26-18/h2-12,14,18,21H,13H2,1H3/b16-14+. The summed E-state index contributed by atoms with van der Waals surface area (Å²) in [4.78, 5) is 12.3. The number of anilines is 1. The van der Waals surface area contributed by atoms with Crippen LogP contribution >= 0.6 is 0 Å². The average molecular weight is 381 g/mol. The van der Waals surface area contributed by atoms with Crippen LogP contribution in [0.25, 0.3) is 0 Å². The summed E-state index contributed by atoms with van der Waals surface area (Å²) in [6.45, 7) is 1.90. The quantitative estimate of drug-likeness (QED) is 0.815. The molecule has 2 unspecified atom stereocenters. The molecular weight excluding hydrogens is 362 g/mol. The second-order valence-electron chi connectivity index (χ2n) is 6.67. The van der Waals surface area contributed by atoms with Gasteiger partial charge in [-0.05, 0) is 42.8 Å². The Hall–Kier alpha value is -2.70. The Balaban J connectivity index is 1.80. The normalized spacial score (nSPS) is 23.0. The zero-order valence-corrected chi connectivity index (χ0v) is 15.6. The van der Waals surface area contributed by atoms with Gasteiger partial charge in [0, 0.05) is 12.6 Å². The van der Waals surface area contributed by atoms with E-state index in [4.69, 9.17) is 4.74 Å². The Bertz CT molecular complexity index is 1020. The van der Waals surface area contributed by atoms with Crippen LogP contribution in [0.3, 0.4) is 0 Å². The summed E-state index contributed by atoms with van der Waals surface area (Å²) >= 11 is 0. The molecule has 4 rings (SSSR count). The highest BCUT2D eigenvalue weighted by atomic mass is 32.2. The molecule has 0 N–H and O–H groups in total. The lowest BCUT2D eigenvalue weighted by Gasteiger charge is -2.22. The van der Waals surface area contributed by atoms with E-state index in [-0.39, 0.29) is 16.8 Å². The number of aryl methyl sites for hydroxylation is 1. The average Bonchev–Trinajstić information content (AvgIpc) is 3.01. The Labute approximate surface area is 158 Å². The summed E-state index contributed by atoms with van der Waals surface area (Å²) in [5, 5.41) is 0. The van der Waals surface area contributed by atoms with Gasteiger partial charge in [-0.1, -0.05) is 42.0 Å². The molecule has 27 heavy (non-hydrogen) atoms. The van der Waals surface area contributed by atoms with Crippen molar-refractivity contribution in [2.75, 3.05) is 4.31 Å². The number of para-hydroxylation sites is 1. The van der Waals surface area contributed by atoms with Crippen molar-refractivity contribution in [1.29, 1.82) is 0 Å². The SMILES string of the molecule is Cc1ccc(S(=O)(=O)N(/C=C2\CC3C=CC(=O)C2O3)c2ccccc2)cc1. The molecule has 2 bridgehead atoms. The van der Waals surface area contributed by atoms with Gasteiger partial charge in [-0.3, -0.25) is 4.79 Å². The van der Waals surface area contributed by atoms with E-state index in [0.717, 1.165) is 5.56 Å². The third-order valence-electron chi connectivity index (χ3n) is 4.69. The summed E-state index contributed by atoms with van der Waals surface area (Å²) in [6, 6.07) is 15.6. The van der Waals surface area contributed by atoms with Gasteiger partial charge in [-0.2, -0.15) is 0 Å². The van der Waals surface area contributed by atoms with E-state index in [1.165, 1.54) is 10.4 Å². The molecule has 0 aromatic heterocycles. The Morgan fingerprint density at radius 1 is 1.07 bits per heavy atom. The number of rotatable bonds is 4. The first-order valence-electron chi connectivity index (χ1n) is 8.69. The first kappa shape index (κ1) is 17.7. The molecule has 2 atom stereocenters. The topological polar surface area (TPSA) is 63.7 Å². The van der Waals surface area contributed by atoms with Crippen LogP contribution in [0.1, 0.15) is 12.0 Å². The van der Waals surface area contributed by atoms with E-state index >= 15 is 0 Å². The molecule has 1 saturated heterocycles. The van der Waals surface area contributed by atoms with E-state index in [1.54, 1.807) is 60.8 Å². The van der Waals surface area contributed by atoms with Gasteiger partial charge in [0.1, 0.15) is 6.10 Å². The van der Waals surface area contributed by atoms with Crippen LogP contribution in [-0.4, -0.2) is 26.4 Å². The summed E-state index contributed by atoms with van der Waals surface area (Å²) in [5.74, 6) is -0.157. The number of hydrogen-bond acceptors (Lipinski definition) is 4. The minimum Gasteiger partial charge on any atom is -0.358 e. The van der Waals surface area contributed by atoms with Gasteiger partial charge in [0.05, 0.1) is 16.7 Å². The zero-order valence-electron chi connectivity index (χ0n) is 14.8. The number of sulfonamides is 1. The van der Waals surface area contributed by atoms with E-state index in [1.807, 2.05) is 13.0 Å². The zero-order chi connectivity index (χ0) is 19.0. The van der Waals surface area contributed by atoms with Crippen LogP contribution in [0.2, 0.25) is 0 Å². The van der Waals surface area contributed by atoms with Gasteiger partial charge in [-0.25, -0.2) is 12.7 Å². The largest absolute Gasteiger partial charge is 0.358 e. The van der Waals surface area contributed by atoms with Crippen LogP contribution in [0.15, 0.2) is 83.4 Å². The fourth-order valence-electron chi connectivity index (χ4n) is 3.25. The fraction of sp³-hybridized carbons (Fsp3) is 0.190. The van der Waals surface area contributed by atoms with Crippen molar-refractivity contribution in [2.45, 2.75) is 30.4 Å². The third kappa shape index (κ3) is 3.34. The van der Waals surface area contributed by atoms with Crippen molar-refractivity contribution in [2.24, 2.45) is 0 Å². The van der Waals surface area contributed by atoms with E-state index in [2.05, 4.69) is 0 Å². The molecule has 0 spiro atoms. The van der Waals surface area contributed by atoms with E-state index in [9.17, 15) is 13.2 Å². The number of carbonyl (C=O) groups excluding carboxylic acids is 1. The summed E-state index contributed by atoms with van der Waals surface area (Å²) in [5.41, 5.74) is 2.15. The maximum Gasteiger partial charge on any atom is 0.268 e. The van der Waals surface area contributed by atoms with Crippen molar-refractivity contribution < 1.29 is 17.9 Å². The summed E-state index contributed by atoms with van der Waals surface area (Å²) < 4.78 is 33.6. The first-order chi connectivity index (χ1) is 12.9. The molecule has 2 aromatic rings. The highest BCUT2D eigenvalue weighted by Crippen LogP contribution is 2.33. The Morgan fingerprint density at radius 2 is 1.78 bits per heavy atom. The van der Waals surface area contributed by atoms with Crippen LogP contribution in [-0.2, 0) is 19.6 Å². The molecule has 5 nitrogen and oxygen atoms in total. The Morgan fingerprint density at radius 3 is 2.48 bits per heavy atom. The highest BCUT2D eigenvalue weighted by Gasteiger charge is 2.37. The van der Waals surface area contributed by atoms with Crippen LogP contribution in [0.5, 0.6) is 0 Å². The molecule has 2 aromatic carbocycles. The van der Waals surface area contributed by atoms with Gasteiger partial charge >= 0.3 is 0 Å². The molecule has 2 heterocycles. The number of ketones is 1. The van der Waals surface area contributed by atoms with Gasteiger partial charge in [0.2, 0.25) is 0 Å². The lowest BCUT2D eigenvalue weighted by molar-refractivity contribution is -0.124. The van der Waals surface area contributed by atoms with Crippen LogP contribution in [0, 0.1) is 6.92 Å². The molecular formula is C21H19NO4S. The molecule has 138 valence electrons. The predicted molar refractivity (Wildman–Crippen MR) is 103 cm³/mol. The monoisotopic (exact) mass is 381 g/mol. The second-order valence-corrected chi connectivity index (χ2v) is 8.49. The molecule has 6 heteroatoms. The number of benzene rings is 2. The van der Waals surface area contributed by atoms with E-state index < -0.39 is 16.1 Å². The number of hydrogen-bond donors (Lipinski definition) is 0. The van der Waals surface area contributed by atoms with Gasteiger partial charge in [-0.15, -0.1) is 0 Å². The van der Waals surface area contributed by atoms with Crippen molar-refractivity contribution in [1.82, 2.24) is 0 Å². The van der Waals surface area contributed by atoms with Gasteiger partial charge in [0.15, 0.2) is 5.78 Å². The molecule has 0 aliphatic carbocycles. The molecule has 0 saturated carbocycles. The van der Waals surface area contributed by atoms with Crippen LogP contribution < -0.4 is 4.31 Å². The lowest BCUT2D eigenvalue weighted by atomic mass is 10.1. The maximum absolute atomic E-state index is 13.3. The summed E-state index contributed by atoms with van der Waals surface area (Å²) in [7, 11) is -3.83. The molecule has 0 radical (unpaired) electrons. The highest BCUT2D eigenvalue weighted by molar-refractivity contribution is 7.93. The predicted octanol–water partition coefficient (Wildman–Crippen LogP) is 3.37. The van der Waals surface area contributed by atoms with Gasteiger partial charge < -0.3 is 4.74 Å². The molecule has 1 fully saturated rings. The second kappa shape index (κ2) is 6.79. The third-order valence-corrected chi connectivity index (χ3v) is 6.39. The van der Waals surface area contributed by atoms with Crippen molar-refractivity contribution in [3.63, 3.8) is 0 Å². The molecule has 2 aliphatic rings. The smallest absolute Gasteiger partial charge is 0.268 e. The maximum atomic E-state index is 13.3. The van der Waals surface area contributed by atoms with Crippen molar-refractivity contribution in [3.8, 4) is 0 Å². The van der Waals surface area contributed by atoms with Crippen molar-refractivity contribution >= 4 is 21.5 Å². The molecule has 0 amide bonds. The first-order valence-corrected chi connectivity index (χ1v) is 10.1. The minimum atomic E-state index is -3.83. The minimum absolute atomic E-state index is 0.157. The Kier molecular flexibility index (Phi) is 4.45. The van der Waals surface area contributed by atoms with Crippen LogP contribution in [0.4, 0.5) is 5.69 Å². The van der Waals surface area contributed by atoms with E-state index in [0.29, 0.717) is 17.7 Å². The number of fused-ring (bicyclic) bond motifs is 2. The number of nitrogens with zero attached hydrogens (tertiary/aromatic N) is 1. The van der Waals surface area contributed by atoms with Gasteiger partial charge in [0.25, 0.3) is 10.0 Å². The lowest BCUT2D eigenvalue weighted by Crippen LogP contribution is -2.29. The van der Waals surface area contributed by atoms with Crippen molar-refractivity contribution in [3.05, 3.63) is 84.1 Å². The number of carbonyl (C=O) groups is 1.